The van der Waals surface area contributed by atoms with E-state index in [1.807, 2.05) is 36.4 Å². The summed E-state index contributed by atoms with van der Waals surface area (Å²) >= 11 is 0. The van der Waals surface area contributed by atoms with Gasteiger partial charge in [-0.15, -0.1) is 0 Å². The van der Waals surface area contributed by atoms with Gasteiger partial charge in [-0.25, -0.2) is 4.98 Å². The third-order valence-corrected chi connectivity index (χ3v) is 2.76. The van der Waals surface area contributed by atoms with Crippen molar-refractivity contribution >= 4 is 0 Å². The van der Waals surface area contributed by atoms with Crippen molar-refractivity contribution in [2.75, 3.05) is 13.7 Å². The zero-order valence-electron chi connectivity index (χ0n) is 10.9. The molecule has 2 rings (SSSR count). The van der Waals surface area contributed by atoms with Gasteiger partial charge in [0.25, 0.3) is 0 Å². The van der Waals surface area contributed by atoms with E-state index in [4.69, 9.17) is 14.6 Å². The molecule has 1 aromatic carbocycles. The second-order valence-electron chi connectivity index (χ2n) is 4.08. The van der Waals surface area contributed by atoms with E-state index in [1.165, 1.54) is 0 Å². The van der Waals surface area contributed by atoms with Crippen LogP contribution in [0, 0.1) is 0 Å². The molecule has 0 saturated carbocycles. The smallest absolute Gasteiger partial charge is 0.219 e. The highest BCUT2D eigenvalue weighted by molar-refractivity contribution is 5.29. The molecule has 0 spiro atoms. The molecule has 0 saturated heterocycles. The molecule has 0 aliphatic rings. The van der Waals surface area contributed by atoms with Gasteiger partial charge in [0.05, 0.1) is 12.7 Å². The van der Waals surface area contributed by atoms with E-state index in [0.717, 1.165) is 16.9 Å². The van der Waals surface area contributed by atoms with Crippen LogP contribution in [0.25, 0.3) is 0 Å². The number of pyridine rings is 1. The summed E-state index contributed by atoms with van der Waals surface area (Å²) in [5.74, 6) is 1.37. The van der Waals surface area contributed by atoms with Crippen molar-refractivity contribution in [3.8, 4) is 11.6 Å². The number of benzene rings is 1. The largest absolute Gasteiger partial charge is 0.489 e. The fourth-order valence-corrected chi connectivity index (χ4v) is 1.76. The minimum absolute atomic E-state index is 0.160. The number of nitrogens with zero attached hydrogens (tertiary/aromatic N) is 1. The SMILES string of the molecule is COc1ncccc1COc1ccc(CCO)cc1. The Bertz CT molecular complexity index is 511. The molecule has 4 nitrogen and oxygen atoms in total. The van der Waals surface area contributed by atoms with E-state index in [2.05, 4.69) is 4.98 Å². The highest BCUT2D eigenvalue weighted by Gasteiger charge is 2.04. The average molecular weight is 259 g/mol. The first-order chi connectivity index (χ1) is 9.33. The van der Waals surface area contributed by atoms with Crippen LogP contribution in [-0.2, 0) is 13.0 Å². The number of aliphatic hydroxyl groups is 1. The van der Waals surface area contributed by atoms with Gasteiger partial charge in [-0.2, -0.15) is 0 Å². The van der Waals surface area contributed by atoms with Crippen LogP contribution in [0.1, 0.15) is 11.1 Å². The molecule has 4 heteroatoms. The fraction of sp³-hybridized carbons (Fsp3) is 0.267. The highest BCUT2D eigenvalue weighted by atomic mass is 16.5. The predicted octanol–water partition coefficient (Wildman–Crippen LogP) is 2.20. The molecule has 1 aromatic heterocycles. The summed E-state index contributed by atoms with van der Waals surface area (Å²) < 4.78 is 10.9. The van der Waals surface area contributed by atoms with Crippen LogP contribution in [0.15, 0.2) is 42.6 Å². The van der Waals surface area contributed by atoms with Gasteiger partial charge >= 0.3 is 0 Å². The summed E-state index contributed by atoms with van der Waals surface area (Å²) in [4.78, 5) is 4.12. The Morgan fingerprint density at radius 1 is 1.16 bits per heavy atom. The van der Waals surface area contributed by atoms with Crippen LogP contribution in [0.4, 0.5) is 0 Å². The minimum atomic E-state index is 0.160. The van der Waals surface area contributed by atoms with Gasteiger partial charge in [0.15, 0.2) is 0 Å². The molecule has 0 fully saturated rings. The van der Waals surface area contributed by atoms with Crippen LogP contribution in [0.3, 0.4) is 0 Å². The van der Waals surface area contributed by atoms with Gasteiger partial charge < -0.3 is 14.6 Å². The quantitative estimate of drug-likeness (QED) is 0.864. The van der Waals surface area contributed by atoms with Crippen molar-refractivity contribution in [3.05, 3.63) is 53.7 Å². The maximum absolute atomic E-state index is 8.85. The predicted molar refractivity (Wildman–Crippen MR) is 72.4 cm³/mol. The second-order valence-corrected chi connectivity index (χ2v) is 4.08. The Balaban J connectivity index is 1.98. The first-order valence-electron chi connectivity index (χ1n) is 6.14. The lowest BCUT2D eigenvalue weighted by Gasteiger charge is -2.09. The molecule has 2 aromatic rings. The number of rotatable bonds is 6. The first kappa shape index (κ1) is 13.4. The summed E-state index contributed by atoms with van der Waals surface area (Å²) in [6, 6.07) is 11.5. The van der Waals surface area contributed by atoms with Crippen molar-refractivity contribution in [3.63, 3.8) is 0 Å². The van der Waals surface area contributed by atoms with E-state index < -0.39 is 0 Å². The Hall–Kier alpha value is -2.07. The number of ether oxygens (including phenoxy) is 2. The molecule has 1 heterocycles. The standard InChI is InChI=1S/C15H17NO3/c1-18-15-13(3-2-9-16-15)11-19-14-6-4-12(5-7-14)8-10-17/h2-7,9,17H,8,10-11H2,1H3. The monoisotopic (exact) mass is 259 g/mol. The summed E-state index contributed by atoms with van der Waals surface area (Å²) in [5.41, 5.74) is 2.00. The normalized spacial score (nSPS) is 10.2. The molecule has 0 amide bonds. The molecule has 1 N–H and O–H groups in total. The summed E-state index contributed by atoms with van der Waals surface area (Å²) in [7, 11) is 1.59. The molecule has 19 heavy (non-hydrogen) atoms. The topological polar surface area (TPSA) is 51.6 Å². The molecular weight excluding hydrogens is 242 g/mol. The van der Waals surface area contributed by atoms with Crippen molar-refractivity contribution in [2.45, 2.75) is 13.0 Å². The Labute approximate surface area is 112 Å². The zero-order chi connectivity index (χ0) is 13.5. The number of aliphatic hydroxyl groups excluding tert-OH is 1. The number of methoxy groups -OCH3 is 1. The van der Waals surface area contributed by atoms with Gasteiger partial charge in [0.2, 0.25) is 5.88 Å². The molecule has 100 valence electrons. The summed E-state index contributed by atoms with van der Waals surface area (Å²) in [6.07, 6.45) is 2.35. The number of hydrogen-bond acceptors (Lipinski definition) is 4. The third kappa shape index (κ3) is 3.69. The highest BCUT2D eigenvalue weighted by Crippen LogP contribution is 2.18. The van der Waals surface area contributed by atoms with Crippen LogP contribution in [0.2, 0.25) is 0 Å². The second kappa shape index (κ2) is 6.75. The number of hydrogen-bond donors (Lipinski definition) is 1. The van der Waals surface area contributed by atoms with E-state index in [-0.39, 0.29) is 6.61 Å². The molecule has 0 radical (unpaired) electrons. The van der Waals surface area contributed by atoms with E-state index in [1.54, 1.807) is 13.3 Å². The van der Waals surface area contributed by atoms with Crippen molar-refractivity contribution in [1.82, 2.24) is 4.98 Å². The van der Waals surface area contributed by atoms with Crippen molar-refractivity contribution < 1.29 is 14.6 Å². The molecule has 0 aliphatic heterocycles. The van der Waals surface area contributed by atoms with Gasteiger partial charge in [-0.05, 0) is 36.2 Å². The van der Waals surface area contributed by atoms with Crippen molar-refractivity contribution in [2.24, 2.45) is 0 Å². The zero-order valence-corrected chi connectivity index (χ0v) is 10.9. The Kier molecular flexibility index (Phi) is 4.75. The van der Waals surface area contributed by atoms with E-state index >= 15 is 0 Å². The minimum Gasteiger partial charge on any atom is -0.489 e. The van der Waals surface area contributed by atoms with E-state index in [0.29, 0.717) is 18.9 Å². The van der Waals surface area contributed by atoms with Gasteiger partial charge in [-0.1, -0.05) is 12.1 Å². The summed E-state index contributed by atoms with van der Waals surface area (Å²) in [5, 5.41) is 8.85. The third-order valence-electron chi connectivity index (χ3n) is 2.76. The molecule has 0 unspecified atom stereocenters. The molecule has 0 bridgehead atoms. The van der Waals surface area contributed by atoms with Gasteiger partial charge in [-0.3, -0.25) is 0 Å². The van der Waals surface area contributed by atoms with Crippen LogP contribution < -0.4 is 9.47 Å². The maximum atomic E-state index is 8.85. The van der Waals surface area contributed by atoms with Gasteiger partial charge in [0, 0.05) is 12.8 Å². The lowest BCUT2D eigenvalue weighted by atomic mass is 10.1. The van der Waals surface area contributed by atoms with Crippen LogP contribution >= 0.6 is 0 Å². The van der Waals surface area contributed by atoms with Crippen LogP contribution in [-0.4, -0.2) is 23.8 Å². The van der Waals surface area contributed by atoms with Crippen LogP contribution in [0.5, 0.6) is 11.6 Å². The Morgan fingerprint density at radius 3 is 2.63 bits per heavy atom. The molecule has 0 aliphatic carbocycles. The first-order valence-corrected chi connectivity index (χ1v) is 6.14. The van der Waals surface area contributed by atoms with Crippen molar-refractivity contribution in [1.29, 1.82) is 0 Å². The lowest BCUT2D eigenvalue weighted by Crippen LogP contribution is -2.00. The molecular formula is C15H17NO3. The maximum Gasteiger partial charge on any atom is 0.219 e. The fourth-order valence-electron chi connectivity index (χ4n) is 1.76. The summed E-state index contributed by atoms with van der Waals surface area (Å²) in [6.45, 7) is 0.573. The average Bonchev–Trinajstić information content (AvgIpc) is 2.47. The van der Waals surface area contributed by atoms with E-state index in [9.17, 15) is 0 Å². The lowest BCUT2D eigenvalue weighted by molar-refractivity contribution is 0.292. The number of aromatic nitrogens is 1. The van der Waals surface area contributed by atoms with Gasteiger partial charge in [0.1, 0.15) is 12.4 Å². The Morgan fingerprint density at radius 2 is 1.95 bits per heavy atom. The molecule has 0 atom stereocenters.